The van der Waals surface area contributed by atoms with Crippen molar-refractivity contribution in [3.63, 3.8) is 0 Å². The molecule has 1 aliphatic rings. The second kappa shape index (κ2) is 4.79. The molecule has 88 valence electrons. The molecule has 0 N–H and O–H groups in total. The normalized spacial score (nSPS) is 26.6. The Kier molecular flexibility index (Phi) is 3.59. The van der Waals surface area contributed by atoms with E-state index in [1.54, 1.807) is 0 Å². The minimum absolute atomic E-state index is 0.272. The smallest absolute Gasteiger partial charge is 0.0427 e. The maximum atomic E-state index is 6.57. The van der Waals surface area contributed by atoms with Gasteiger partial charge in [0.25, 0.3) is 0 Å². The van der Waals surface area contributed by atoms with Gasteiger partial charge in [-0.2, -0.15) is 0 Å². The summed E-state index contributed by atoms with van der Waals surface area (Å²) < 4.78 is 0. The Hall–Kier alpha value is -0.490. The number of fused-ring (bicyclic) bond motifs is 1. The maximum Gasteiger partial charge on any atom is 0.0427 e. The van der Waals surface area contributed by atoms with Crippen LogP contribution in [0.1, 0.15) is 56.6 Å². The van der Waals surface area contributed by atoms with E-state index >= 15 is 0 Å². The first-order valence-corrected chi connectivity index (χ1v) is 6.77. The molecule has 16 heavy (non-hydrogen) atoms. The zero-order chi connectivity index (χ0) is 11.7. The third kappa shape index (κ3) is 2.13. The highest BCUT2D eigenvalue weighted by atomic mass is 35.5. The second-order valence-electron chi connectivity index (χ2n) is 5.40. The summed E-state index contributed by atoms with van der Waals surface area (Å²) in [7, 11) is 0. The molecule has 0 amide bonds. The number of rotatable bonds is 2. The summed E-state index contributed by atoms with van der Waals surface area (Å²) in [5.41, 5.74) is 3.01. The molecule has 0 aromatic heterocycles. The van der Waals surface area contributed by atoms with E-state index in [4.69, 9.17) is 11.6 Å². The predicted octanol–water partition coefficient (Wildman–Crippen LogP) is 4.93. The predicted molar refractivity (Wildman–Crippen MR) is 71.3 cm³/mol. The van der Waals surface area contributed by atoms with Gasteiger partial charge in [0, 0.05) is 11.3 Å². The SMILES string of the molecule is CC1CCC(C(Cl)C(C)C)c2ccccc21. The van der Waals surface area contributed by atoms with Crippen molar-refractivity contribution < 1.29 is 0 Å². The van der Waals surface area contributed by atoms with Crippen LogP contribution >= 0.6 is 11.6 Å². The van der Waals surface area contributed by atoms with Gasteiger partial charge in [-0.1, -0.05) is 45.0 Å². The van der Waals surface area contributed by atoms with Crippen LogP contribution in [0.3, 0.4) is 0 Å². The number of alkyl halides is 1. The minimum atomic E-state index is 0.272. The molecular weight excluding hydrogens is 216 g/mol. The molecule has 0 fully saturated rings. The fraction of sp³-hybridized carbons (Fsp3) is 0.600. The van der Waals surface area contributed by atoms with Crippen molar-refractivity contribution in [3.05, 3.63) is 35.4 Å². The molecule has 0 saturated carbocycles. The summed E-state index contributed by atoms with van der Waals surface area (Å²) in [6, 6.07) is 8.84. The van der Waals surface area contributed by atoms with Gasteiger partial charge in [0.15, 0.2) is 0 Å². The molecule has 2 rings (SSSR count). The van der Waals surface area contributed by atoms with Crippen LogP contribution in [0, 0.1) is 5.92 Å². The Morgan fingerprint density at radius 2 is 1.75 bits per heavy atom. The summed E-state index contributed by atoms with van der Waals surface area (Å²) in [4.78, 5) is 0. The highest BCUT2D eigenvalue weighted by Crippen LogP contribution is 2.43. The van der Waals surface area contributed by atoms with Crippen molar-refractivity contribution in [2.45, 2.75) is 50.8 Å². The van der Waals surface area contributed by atoms with Crippen LogP contribution in [0.2, 0.25) is 0 Å². The monoisotopic (exact) mass is 236 g/mol. The molecule has 0 nitrogen and oxygen atoms in total. The van der Waals surface area contributed by atoms with Crippen LogP contribution in [0.15, 0.2) is 24.3 Å². The maximum absolute atomic E-state index is 6.57. The van der Waals surface area contributed by atoms with Crippen LogP contribution < -0.4 is 0 Å². The third-order valence-corrected chi connectivity index (χ3v) is 4.67. The lowest BCUT2D eigenvalue weighted by atomic mass is 9.74. The van der Waals surface area contributed by atoms with E-state index in [1.807, 2.05) is 0 Å². The lowest BCUT2D eigenvalue weighted by Crippen LogP contribution is -2.24. The van der Waals surface area contributed by atoms with Gasteiger partial charge >= 0.3 is 0 Å². The molecule has 0 heterocycles. The lowest BCUT2D eigenvalue weighted by molar-refractivity contribution is 0.433. The van der Waals surface area contributed by atoms with Gasteiger partial charge in [-0.15, -0.1) is 11.6 Å². The largest absolute Gasteiger partial charge is 0.122 e. The second-order valence-corrected chi connectivity index (χ2v) is 5.91. The van der Waals surface area contributed by atoms with Crippen molar-refractivity contribution in [3.8, 4) is 0 Å². The Bertz CT molecular complexity index is 356. The molecule has 0 aliphatic heterocycles. The average Bonchev–Trinajstić information content (AvgIpc) is 2.29. The van der Waals surface area contributed by atoms with Crippen molar-refractivity contribution in [1.82, 2.24) is 0 Å². The van der Waals surface area contributed by atoms with E-state index in [9.17, 15) is 0 Å². The summed E-state index contributed by atoms with van der Waals surface area (Å²) >= 11 is 6.57. The topological polar surface area (TPSA) is 0 Å². The van der Waals surface area contributed by atoms with E-state index in [-0.39, 0.29) is 5.38 Å². The fourth-order valence-corrected chi connectivity index (χ4v) is 3.10. The zero-order valence-corrected chi connectivity index (χ0v) is 11.2. The quantitative estimate of drug-likeness (QED) is 0.639. The Morgan fingerprint density at radius 1 is 1.12 bits per heavy atom. The molecule has 0 spiro atoms. The molecule has 3 unspecified atom stereocenters. The third-order valence-electron chi connectivity index (χ3n) is 3.86. The molecule has 0 bridgehead atoms. The molecule has 0 saturated heterocycles. The summed E-state index contributed by atoms with van der Waals surface area (Å²) in [6.07, 6.45) is 2.52. The Morgan fingerprint density at radius 3 is 2.38 bits per heavy atom. The molecule has 3 atom stereocenters. The van der Waals surface area contributed by atoms with Gasteiger partial charge < -0.3 is 0 Å². The summed E-state index contributed by atoms with van der Waals surface area (Å²) in [5, 5.41) is 0.272. The highest BCUT2D eigenvalue weighted by Gasteiger charge is 2.30. The molecule has 0 radical (unpaired) electrons. The van der Waals surface area contributed by atoms with Gasteiger partial charge in [-0.25, -0.2) is 0 Å². The molecule has 1 aromatic rings. The van der Waals surface area contributed by atoms with Crippen LogP contribution in [-0.2, 0) is 0 Å². The summed E-state index contributed by atoms with van der Waals surface area (Å²) in [5.74, 6) is 1.80. The van der Waals surface area contributed by atoms with Crippen LogP contribution in [0.25, 0.3) is 0 Å². The van der Waals surface area contributed by atoms with Gasteiger partial charge in [-0.05, 0) is 35.8 Å². The van der Waals surface area contributed by atoms with Gasteiger partial charge in [0.1, 0.15) is 0 Å². The van der Waals surface area contributed by atoms with Crippen LogP contribution in [-0.4, -0.2) is 5.38 Å². The van der Waals surface area contributed by atoms with E-state index in [2.05, 4.69) is 45.0 Å². The molecule has 1 heteroatoms. The molecule has 1 aromatic carbocycles. The van der Waals surface area contributed by atoms with Crippen LogP contribution in [0.5, 0.6) is 0 Å². The number of benzene rings is 1. The average molecular weight is 237 g/mol. The zero-order valence-electron chi connectivity index (χ0n) is 10.4. The van der Waals surface area contributed by atoms with Crippen molar-refractivity contribution in [1.29, 1.82) is 0 Å². The number of halogens is 1. The number of hydrogen-bond donors (Lipinski definition) is 0. The lowest BCUT2D eigenvalue weighted by Gasteiger charge is -2.34. The van der Waals surface area contributed by atoms with E-state index in [0.29, 0.717) is 17.8 Å². The van der Waals surface area contributed by atoms with Crippen LogP contribution in [0.4, 0.5) is 0 Å². The molecule has 1 aliphatic carbocycles. The van der Waals surface area contributed by atoms with Crippen molar-refractivity contribution in [2.24, 2.45) is 5.92 Å². The first-order valence-electron chi connectivity index (χ1n) is 6.34. The van der Waals surface area contributed by atoms with Crippen molar-refractivity contribution >= 4 is 11.6 Å². The van der Waals surface area contributed by atoms with E-state index in [1.165, 1.54) is 24.0 Å². The standard InChI is InChI=1S/C15H21Cl/c1-10(2)15(16)14-9-8-11(3)12-6-4-5-7-13(12)14/h4-7,10-11,14-15H,8-9H2,1-3H3. The molecular formula is C15H21Cl. The van der Waals surface area contributed by atoms with E-state index in [0.717, 1.165) is 0 Å². The Labute approximate surface area is 104 Å². The first kappa shape index (κ1) is 12.0. The fourth-order valence-electron chi connectivity index (χ4n) is 2.83. The first-order chi connectivity index (χ1) is 7.61. The van der Waals surface area contributed by atoms with Gasteiger partial charge in [0.2, 0.25) is 0 Å². The highest BCUT2D eigenvalue weighted by molar-refractivity contribution is 6.21. The van der Waals surface area contributed by atoms with Gasteiger partial charge in [0.05, 0.1) is 0 Å². The minimum Gasteiger partial charge on any atom is -0.122 e. The number of hydrogen-bond acceptors (Lipinski definition) is 0. The summed E-state index contributed by atoms with van der Waals surface area (Å²) in [6.45, 7) is 6.77. The van der Waals surface area contributed by atoms with Gasteiger partial charge in [-0.3, -0.25) is 0 Å². The van der Waals surface area contributed by atoms with E-state index < -0.39 is 0 Å². The Balaban J connectivity index is 2.34. The van der Waals surface area contributed by atoms with Crippen molar-refractivity contribution in [2.75, 3.05) is 0 Å².